The van der Waals surface area contributed by atoms with Crippen molar-refractivity contribution in [3.8, 4) is 0 Å². The van der Waals surface area contributed by atoms with E-state index >= 15 is 0 Å². The number of hydrogen-bond donors (Lipinski definition) is 1. The molecule has 6 rings (SSSR count). The van der Waals surface area contributed by atoms with Crippen LogP contribution in [0.4, 0.5) is 10.5 Å². The number of unbranched alkanes of at least 4 members (excludes halogenated alkanes) is 1. The van der Waals surface area contributed by atoms with Gasteiger partial charge in [0.1, 0.15) is 11.4 Å². The fourth-order valence-corrected chi connectivity index (χ4v) is 6.57. The maximum Gasteiger partial charge on any atom is 0.325 e. The summed E-state index contributed by atoms with van der Waals surface area (Å²) in [5.74, 6) is 1.35. The number of hydrogen-bond acceptors (Lipinski definition) is 6. The van der Waals surface area contributed by atoms with Crippen LogP contribution in [0, 0.1) is 5.92 Å². The van der Waals surface area contributed by atoms with Gasteiger partial charge in [-0.15, -0.1) is 0 Å². The van der Waals surface area contributed by atoms with Crippen LogP contribution in [0.25, 0.3) is 0 Å². The van der Waals surface area contributed by atoms with Gasteiger partial charge in [-0.1, -0.05) is 42.1 Å². The summed E-state index contributed by atoms with van der Waals surface area (Å²) in [6, 6.07) is 16.7. The molecule has 3 amide bonds. The lowest BCUT2D eigenvalue weighted by Crippen LogP contribution is -2.49. The Hall–Kier alpha value is -2.84. The normalized spacial score (nSPS) is 24.2. The SMILES string of the molecule is CC1(C2CC2)NC(=O)N(CCCCN2CCN(C3=Nc4ccccc4Sc4ccccc43)CC2)C1=O. The fraction of sp³-hybridized carbons (Fsp3) is 0.464. The molecule has 2 aromatic rings. The highest BCUT2D eigenvalue weighted by Gasteiger charge is 2.55. The zero-order chi connectivity index (χ0) is 24.7. The minimum atomic E-state index is -0.675. The largest absolute Gasteiger partial charge is 0.354 e. The van der Waals surface area contributed by atoms with E-state index in [4.69, 9.17) is 4.99 Å². The molecule has 3 heterocycles. The molecule has 1 atom stereocenters. The van der Waals surface area contributed by atoms with Gasteiger partial charge in [-0.05, 0) is 63.3 Å². The number of nitrogens with zero attached hydrogens (tertiary/aromatic N) is 4. The van der Waals surface area contributed by atoms with Crippen molar-refractivity contribution in [3.63, 3.8) is 0 Å². The lowest BCUT2D eigenvalue weighted by atomic mass is 9.96. The smallest absolute Gasteiger partial charge is 0.325 e. The lowest BCUT2D eigenvalue weighted by Gasteiger charge is -2.36. The van der Waals surface area contributed by atoms with Crippen LogP contribution in [-0.2, 0) is 4.79 Å². The van der Waals surface area contributed by atoms with Crippen LogP contribution in [0.3, 0.4) is 0 Å². The third kappa shape index (κ3) is 4.41. The molecule has 1 N–H and O–H groups in total. The van der Waals surface area contributed by atoms with E-state index in [9.17, 15) is 9.59 Å². The molecule has 1 unspecified atom stereocenters. The topological polar surface area (TPSA) is 68.2 Å². The van der Waals surface area contributed by atoms with E-state index in [1.165, 1.54) is 20.3 Å². The lowest BCUT2D eigenvalue weighted by molar-refractivity contribution is -0.131. The summed E-state index contributed by atoms with van der Waals surface area (Å²) in [7, 11) is 0. The van der Waals surface area contributed by atoms with Crippen molar-refractivity contribution in [1.82, 2.24) is 20.0 Å². The number of amides is 3. The van der Waals surface area contributed by atoms with E-state index in [1.54, 1.807) is 11.8 Å². The molecule has 36 heavy (non-hydrogen) atoms. The maximum atomic E-state index is 12.8. The number of carbonyl (C=O) groups excluding carboxylic acids is 2. The third-order valence-corrected chi connectivity index (χ3v) is 9.05. The molecule has 4 aliphatic rings. The zero-order valence-electron chi connectivity index (χ0n) is 20.8. The molecule has 0 radical (unpaired) electrons. The van der Waals surface area contributed by atoms with Crippen LogP contribution >= 0.6 is 11.8 Å². The van der Waals surface area contributed by atoms with Crippen molar-refractivity contribution in [3.05, 3.63) is 54.1 Å². The summed E-state index contributed by atoms with van der Waals surface area (Å²) in [5, 5.41) is 2.94. The van der Waals surface area contributed by atoms with Crippen molar-refractivity contribution in [2.45, 2.75) is 47.9 Å². The van der Waals surface area contributed by atoms with Crippen molar-refractivity contribution >= 4 is 35.2 Å². The molecule has 1 aliphatic carbocycles. The summed E-state index contributed by atoms with van der Waals surface area (Å²) >= 11 is 1.79. The van der Waals surface area contributed by atoms with E-state index < -0.39 is 5.54 Å². The Morgan fingerprint density at radius 3 is 2.42 bits per heavy atom. The second kappa shape index (κ2) is 9.56. The molecule has 3 aliphatic heterocycles. The van der Waals surface area contributed by atoms with Gasteiger partial charge in [0.2, 0.25) is 0 Å². The van der Waals surface area contributed by atoms with E-state index in [0.29, 0.717) is 12.5 Å². The number of para-hydroxylation sites is 1. The minimum absolute atomic E-state index is 0.0344. The number of piperazine rings is 1. The van der Waals surface area contributed by atoms with Crippen LogP contribution in [0.5, 0.6) is 0 Å². The highest BCUT2D eigenvalue weighted by Crippen LogP contribution is 2.43. The van der Waals surface area contributed by atoms with Gasteiger partial charge in [-0.2, -0.15) is 0 Å². The highest BCUT2D eigenvalue weighted by molar-refractivity contribution is 7.99. The fourth-order valence-electron chi connectivity index (χ4n) is 5.55. The number of nitrogens with one attached hydrogen (secondary N) is 1. The zero-order valence-corrected chi connectivity index (χ0v) is 21.6. The van der Waals surface area contributed by atoms with Gasteiger partial charge in [-0.3, -0.25) is 14.6 Å². The highest BCUT2D eigenvalue weighted by atomic mass is 32.2. The Bertz CT molecular complexity index is 1200. The van der Waals surface area contributed by atoms with Crippen molar-refractivity contribution in [1.29, 1.82) is 0 Å². The molecular formula is C28H33N5O2S. The molecule has 0 spiro atoms. The molecular weight excluding hydrogens is 470 g/mol. The number of fused-ring (bicyclic) bond motifs is 2. The van der Waals surface area contributed by atoms with Gasteiger partial charge in [0.25, 0.3) is 5.91 Å². The van der Waals surface area contributed by atoms with Crippen LogP contribution in [0.2, 0.25) is 0 Å². The summed E-state index contributed by atoms with van der Waals surface area (Å²) in [6.07, 6.45) is 3.89. The van der Waals surface area contributed by atoms with Gasteiger partial charge >= 0.3 is 6.03 Å². The molecule has 2 saturated heterocycles. The average Bonchev–Trinajstić information content (AvgIpc) is 3.73. The maximum absolute atomic E-state index is 12.8. The van der Waals surface area contributed by atoms with Gasteiger partial charge in [0, 0.05) is 48.1 Å². The molecule has 188 valence electrons. The van der Waals surface area contributed by atoms with E-state index in [1.807, 2.05) is 6.92 Å². The van der Waals surface area contributed by atoms with E-state index in [-0.39, 0.29) is 11.9 Å². The van der Waals surface area contributed by atoms with Gasteiger partial charge < -0.3 is 10.2 Å². The van der Waals surface area contributed by atoms with E-state index in [2.05, 4.69) is 63.6 Å². The second-order valence-corrected chi connectivity index (χ2v) is 11.5. The van der Waals surface area contributed by atoms with Crippen LogP contribution in [0.15, 0.2) is 63.3 Å². The molecule has 0 aromatic heterocycles. The monoisotopic (exact) mass is 503 g/mol. The van der Waals surface area contributed by atoms with Crippen molar-refractivity contribution in [2.75, 3.05) is 39.3 Å². The molecule has 2 aromatic carbocycles. The molecule has 3 fully saturated rings. The van der Waals surface area contributed by atoms with Crippen molar-refractivity contribution < 1.29 is 9.59 Å². The Morgan fingerprint density at radius 2 is 1.64 bits per heavy atom. The third-order valence-electron chi connectivity index (χ3n) is 7.91. The Balaban J connectivity index is 1.03. The predicted molar refractivity (Wildman–Crippen MR) is 142 cm³/mol. The Morgan fingerprint density at radius 1 is 0.944 bits per heavy atom. The van der Waals surface area contributed by atoms with Crippen LogP contribution < -0.4 is 5.32 Å². The molecule has 7 nitrogen and oxygen atoms in total. The summed E-state index contributed by atoms with van der Waals surface area (Å²) in [6.45, 7) is 7.23. The average molecular weight is 504 g/mol. The Labute approximate surface area is 216 Å². The second-order valence-electron chi connectivity index (χ2n) is 10.4. The summed E-state index contributed by atoms with van der Waals surface area (Å²) in [4.78, 5) is 39.1. The molecule has 8 heteroatoms. The number of urea groups is 1. The number of carbonyl (C=O) groups is 2. The van der Waals surface area contributed by atoms with Crippen LogP contribution in [0.1, 0.15) is 38.2 Å². The molecule has 0 bridgehead atoms. The van der Waals surface area contributed by atoms with Gasteiger partial charge in [0.05, 0.1) is 5.69 Å². The van der Waals surface area contributed by atoms with E-state index in [0.717, 1.165) is 69.9 Å². The van der Waals surface area contributed by atoms with Gasteiger partial charge in [-0.25, -0.2) is 9.79 Å². The van der Waals surface area contributed by atoms with Crippen molar-refractivity contribution in [2.24, 2.45) is 10.9 Å². The van der Waals surface area contributed by atoms with Gasteiger partial charge in [0.15, 0.2) is 0 Å². The number of imide groups is 1. The first-order chi connectivity index (χ1) is 17.5. The number of amidine groups is 1. The minimum Gasteiger partial charge on any atom is -0.354 e. The summed E-state index contributed by atoms with van der Waals surface area (Å²) in [5.41, 5.74) is 1.57. The first-order valence-corrected chi connectivity index (χ1v) is 13.9. The first kappa shape index (κ1) is 23.6. The standard InChI is InChI=1S/C28H33N5O2S/c1-28(20-12-13-20)26(34)33(27(35)30-28)15-7-6-14-31-16-18-32(19-17-31)25-21-8-2-4-10-23(21)36-24-11-5-3-9-22(24)29-25/h2-5,8-11,20H,6-7,12-19H2,1H3,(H,30,35). The molecule has 1 saturated carbocycles. The number of aliphatic imine (C=N–C) groups is 1. The number of benzene rings is 2. The quantitative estimate of drug-likeness (QED) is 0.469. The number of rotatable bonds is 6. The Kier molecular flexibility index (Phi) is 6.25. The first-order valence-electron chi connectivity index (χ1n) is 13.1. The predicted octanol–water partition coefficient (Wildman–Crippen LogP) is 4.35. The summed E-state index contributed by atoms with van der Waals surface area (Å²) < 4.78 is 0. The van der Waals surface area contributed by atoms with Crippen LogP contribution in [-0.4, -0.2) is 77.3 Å².